The molecule has 0 unspecified atom stereocenters. The summed E-state index contributed by atoms with van der Waals surface area (Å²) in [6.45, 7) is 0. The average molecular weight is 240 g/mol. The minimum Gasteiger partial charge on any atom is -0.388 e. The van der Waals surface area contributed by atoms with Crippen molar-refractivity contribution < 1.29 is 5.11 Å². The van der Waals surface area contributed by atoms with Crippen LogP contribution in [0.2, 0.25) is 0 Å². The second-order valence-electron chi connectivity index (χ2n) is 4.30. The second-order valence-corrected chi connectivity index (χ2v) is 4.30. The number of aliphatic hydroxyl groups excluding tert-OH is 1. The summed E-state index contributed by atoms with van der Waals surface area (Å²) in [4.78, 5) is 11.1. The van der Waals surface area contributed by atoms with Crippen LogP contribution < -0.4 is 5.01 Å². The normalized spacial score (nSPS) is 17.6. The molecule has 0 spiro atoms. The number of rotatable bonds is 1. The minimum absolute atomic E-state index is 0.485. The molecule has 0 bridgehead atoms. The van der Waals surface area contributed by atoms with E-state index in [9.17, 15) is 10.0 Å². The Kier molecular flexibility index (Phi) is 2.57. The van der Waals surface area contributed by atoms with Crippen molar-refractivity contribution in [3.8, 4) is 0 Å². The summed E-state index contributed by atoms with van der Waals surface area (Å²) in [5, 5.41) is 14.7. The molecule has 3 rings (SSSR count). The number of nitrogens with zero attached hydrogens (tertiary/aromatic N) is 2. The molecule has 1 heterocycles. The van der Waals surface area contributed by atoms with Gasteiger partial charge >= 0.3 is 0 Å². The molecule has 18 heavy (non-hydrogen) atoms. The molecule has 4 heteroatoms. The van der Waals surface area contributed by atoms with Gasteiger partial charge in [-0.05, 0) is 17.7 Å². The molecular formula is C14H12N2O2. The summed E-state index contributed by atoms with van der Waals surface area (Å²) in [5.41, 5.74) is 3.02. The largest absolute Gasteiger partial charge is 0.388 e. The molecule has 0 radical (unpaired) electrons. The van der Waals surface area contributed by atoms with Crippen LogP contribution in [0.25, 0.3) is 0 Å². The van der Waals surface area contributed by atoms with E-state index in [0.29, 0.717) is 12.1 Å². The number of benzene rings is 2. The van der Waals surface area contributed by atoms with Crippen molar-refractivity contribution >= 4 is 11.4 Å². The molecular weight excluding hydrogens is 228 g/mol. The summed E-state index contributed by atoms with van der Waals surface area (Å²) in [6.07, 6.45) is -0.131. The van der Waals surface area contributed by atoms with E-state index in [2.05, 4.69) is 5.29 Å². The highest BCUT2D eigenvalue weighted by Gasteiger charge is 2.25. The van der Waals surface area contributed by atoms with Gasteiger partial charge in [0.05, 0.1) is 22.8 Å². The maximum absolute atomic E-state index is 11.1. The van der Waals surface area contributed by atoms with Gasteiger partial charge in [0.1, 0.15) is 0 Å². The van der Waals surface area contributed by atoms with Gasteiger partial charge < -0.3 is 5.11 Å². The number of nitroso groups, excluding NO2 is 1. The highest BCUT2D eigenvalue weighted by atomic mass is 16.3. The Bertz CT molecular complexity index is 598. The smallest absolute Gasteiger partial charge is 0.0852 e. The third kappa shape index (κ3) is 1.58. The van der Waals surface area contributed by atoms with Crippen LogP contribution in [0.5, 0.6) is 0 Å². The predicted octanol–water partition coefficient (Wildman–Crippen LogP) is 3.10. The first kappa shape index (κ1) is 10.9. The van der Waals surface area contributed by atoms with Gasteiger partial charge in [-0.2, -0.15) is 5.01 Å². The second kappa shape index (κ2) is 4.23. The van der Waals surface area contributed by atoms with E-state index in [0.717, 1.165) is 16.8 Å². The summed E-state index contributed by atoms with van der Waals surface area (Å²) < 4.78 is 0. The molecule has 90 valence electrons. The van der Waals surface area contributed by atoms with E-state index in [1.54, 1.807) is 6.07 Å². The first-order valence-corrected chi connectivity index (χ1v) is 5.79. The summed E-state index contributed by atoms with van der Waals surface area (Å²) >= 11 is 0. The van der Waals surface area contributed by atoms with Crippen molar-refractivity contribution in [3.05, 3.63) is 64.6 Å². The zero-order valence-electron chi connectivity index (χ0n) is 9.65. The van der Waals surface area contributed by atoms with Gasteiger partial charge in [-0.1, -0.05) is 36.4 Å². The number of para-hydroxylation sites is 2. The molecule has 0 saturated heterocycles. The van der Waals surface area contributed by atoms with E-state index in [1.807, 2.05) is 42.5 Å². The third-order valence-electron chi connectivity index (χ3n) is 3.24. The molecule has 0 aliphatic carbocycles. The Labute approximate surface area is 104 Å². The van der Waals surface area contributed by atoms with Crippen molar-refractivity contribution in [2.45, 2.75) is 12.5 Å². The van der Waals surface area contributed by atoms with Crippen LogP contribution in [0, 0.1) is 4.91 Å². The van der Waals surface area contributed by atoms with Gasteiger partial charge in [0.2, 0.25) is 0 Å². The molecule has 1 N–H and O–H groups in total. The maximum Gasteiger partial charge on any atom is 0.0852 e. The number of hydrogen-bond donors (Lipinski definition) is 1. The Balaban J connectivity index is 2.26. The maximum atomic E-state index is 11.1. The van der Waals surface area contributed by atoms with E-state index < -0.39 is 6.10 Å². The lowest BCUT2D eigenvalue weighted by atomic mass is 10.0. The number of anilines is 2. The van der Waals surface area contributed by atoms with Crippen LogP contribution in [0.3, 0.4) is 0 Å². The zero-order valence-corrected chi connectivity index (χ0v) is 9.65. The zero-order chi connectivity index (χ0) is 12.5. The molecule has 0 saturated carbocycles. The monoisotopic (exact) mass is 240 g/mol. The van der Waals surface area contributed by atoms with Gasteiger partial charge in [0.25, 0.3) is 0 Å². The average Bonchev–Trinajstić information content (AvgIpc) is 2.53. The van der Waals surface area contributed by atoms with Crippen LogP contribution in [-0.4, -0.2) is 5.11 Å². The lowest BCUT2D eigenvalue weighted by molar-refractivity contribution is 0.180. The van der Waals surface area contributed by atoms with Gasteiger partial charge in [-0.3, -0.25) is 0 Å². The predicted molar refractivity (Wildman–Crippen MR) is 69.5 cm³/mol. The van der Waals surface area contributed by atoms with Gasteiger partial charge in [0, 0.05) is 12.0 Å². The van der Waals surface area contributed by atoms with E-state index in [-0.39, 0.29) is 0 Å². The van der Waals surface area contributed by atoms with Gasteiger partial charge in [-0.15, -0.1) is 4.91 Å². The van der Waals surface area contributed by atoms with Crippen LogP contribution in [-0.2, 0) is 6.42 Å². The summed E-state index contributed by atoms with van der Waals surface area (Å²) in [5.74, 6) is 0. The van der Waals surface area contributed by atoms with Crippen LogP contribution >= 0.6 is 0 Å². The summed E-state index contributed by atoms with van der Waals surface area (Å²) in [7, 11) is 0. The molecule has 1 atom stereocenters. The molecule has 2 aromatic rings. The lowest BCUT2D eigenvalue weighted by Gasteiger charge is -2.17. The Morgan fingerprint density at radius 2 is 1.72 bits per heavy atom. The standard InChI is InChI=1S/C14H12N2O2/c17-14-9-10-5-1-3-7-12(10)16(15-18)13-8-4-2-6-11(13)14/h1-8,14,17H,9H2/t14-/m0/s1. The molecule has 0 fully saturated rings. The molecule has 2 aromatic carbocycles. The molecule has 0 amide bonds. The number of hydrogen-bond acceptors (Lipinski definition) is 3. The fourth-order valence-corrected chi connectivity index (χ4v) is 2.39. The van der Waals surface area contributed by atoms with Crippen LogP contribution in [0.1, 0.15) is 17.2 Å². The summed E-state index contributed by atoms with van der Waals surface area (Å²) in [6, 6.07) is 14.8. The van der Waals surface area contributed by atoms with Crippen LogP contribution in [0.15, 0.2) is 53.8 Å². The molecule has 0 aromatic heterocycles. The SMILES string of the molecule is O=NN1c2ccccc2C[C@H](O)c2ccccc21. The van der Waals surface area contributed by atoms with Crippen molar-refractivity contribution in [2.75, 3.05) is 5.01 Å². The number of fused-ring (bicyclic) bond motifs is 2. The van der Waals surface area contributed by atoms with Gasteiger partial charge in [-0.25, -0.2) is 0 Å². The topological polar surface area (TPSA) is 52.9 Å². The Morgan fingerprint density at radius 3 is 2.50 bits per heavy atom. The van der Waals surface area contributed by atoms with E-state index >= 15 is 0 Å². The van der Waals surface area contributed by atoms with Gasteiger partial charge in [0.15, 0.2) is 0 Å². The Morgan fingerprint density at radius 1 is 1.06 bits per heavy atom. The first-order valence-electron chi connectivity index (χ1n) is 5.79. The molecule has 1 aliphatic rings. The van der Waals surface area contributed by atoms with Crippen molar-refractivity contribution in [2.24, 2.45) is 5.29 Å². The number of aliphatic hydroxyl groups is 1. The van der Waals surface area contributed by atoms with E-state index in [4.69, 9.17) is 0 Å². The minimum atomic E-state index is -0.617. The molecule has 1 aliphatic heterocycles. The lowest BCUT2D eigenvalue weighted by Crippen LogP contribution is -2.09. The van der Waals surface area contributed by atoms with E-state index in [1.165, 1.54) is 5.01 Å². The fourth-order valence-electron chi connectivity index (χ4n) is 2.39. The van der Waals surface area contributed by atoms with Crippen molar-refractivity contribution in [1.82, 2.24) is 0 Å². The third-order valence-corrected chi connectivity index (χ3v) is 3.24. The van der Waals surface area contributed by atoms with Crippen molar-refractivity contribution in [1.29, 1.82) is 0 Å². The highest BCUT2D eigenvalue weighted by molar-refractivity contribution is 5.70. The van der Waals surface area contributed by atoms with Crippen LogP contribution in [0.4, 0.5) is 11.4 Å². The quantitative estimate of drug-likeness (QED) is 0.779. The highest BCUT2D eigenvalue weighted by Crippen LogP contribution is 2.39. The van der Waals surface area contributed by atoms with Crippen molar-refractivity contribution in [3.63, 3.8) is 0 Å². The molecule has 4 nitrogen and oxygen atoms in total. The fraction of sp³-hybridized carbons (Fsp3) is 0.143. The Hall–Kier alpha value is -2.20. The first-order chi connectivity index (χ1) is 8.81.